The highest BCUT2D eigenvalue weighted by Crippen LogP contribution is 2.56. The van der Waals surface area contributed by atoms with Gasteiger partial charge in [-0.25, -0.2) is 0 Å². The molecule has 1 aliphatic rings. The summed E-state index contributed by atoms with van der Waals surface area (Å²) < 4.78 is 13.6. The minimum atomic E-state index is -1.09. The molecular weight excluding hydrogens is 216 g/mol. The average Bonchev–Trinajstić information content (AvgIpc) is 3.02. The number of hydrogen-bond donors (Lipinski definition) is 0. The smallest absolute Gasteiger partial charge is 0.313 e. The minimum Gasteiger partial charge on any atom is -0.469 e. The second-order valence-electron chi connectivity index (χ2n) is 3.68. The number of rotatable bonds is 4. The average molecular weight is 230 g/mol. The summed E-state index contributed by atoms with van der Waals surface area (Å²) in [5.41, 5.74) is -1.09. The Morgan fingerprint density at radius 3 is 2.19 bits per heavy atom. The molecule has 16 heavy (non-hydrogen) atoms. The van der Waals surface area contributed by atoms with Gasteiger partial charge in [-0.05, 0) is 6.42 Å². The van der Waals surface area contributed by atoms with Crippen LogP contribution in [0.1, 0.15) is 12.8 Å². The molecule has 0 amide bonds. The molecule has 6 heteroatoms. The van der Waals surface area contributed by atoms with Crippen LogP contribution in [-0.2, 0) is 28.6 Å². The molecule has 0 radical (unpaired) electrons. The van der Waals surface area contributed by atoms with Crippen molar-refractivity contribution < 1.29 is 28.6 Å². The predicted octanol–water partition coefficient (Wildman–Crippen LogP) is -0.0982. The number of carbonyl (C=O) groups is 3. The molecule has 0 aromatic carbocycles. The Kier molecular flexibility index (Phi) is 3.51. The first-order chi connectivity index (χ1) is 7.51. The van der Waals surface area contributed by atoms with Crippen LogP contribution >= 0.6 is 0 Å². The maximum Gasteiger partial charge on any atom is 0.313 e. The van der Waals surface area contributed by atoms with Crippen LogP contribution in [0.5, 0.6) is 0 Å². The van der Waals surface area contributed by atoms with Crippen molar-refractivity contribution in [3.8, 4) is 0 Å². The zero-order valence-electron chi connectivity index (χ0n) is 9.44. The zero-order chi connectivity index (χ0) is 12.3. The first kappa shape index (κ1) is 12.5. The normalized spacial score (nSPS) is 26.8. The first-order valence-electron chi connectivity index (χ1n) is 4.75. The number of ether oxygens (including phenoxy) is 3. The largest absolute Gasteiger partial charge is 0.469 e. The molecule has 1 saturated carbocycles. The third-order valence-electron chi connectivity index (χ3n) is 2.84. The summed E-state index contributed by atoms with van der Waals surface area (Å²) in [4.78, 5) is 34.0. The molecule has 2 unspecified atom stereocenters. The van der Waals surface area contributed by atoms with Gasteiger partial charge < -0.3 is 14.2 Å². The van der Waals surface area contributed by atoms with E-state index < -0.39 is 29.2 Å². The molecule has 0 aromatic heterocycles. The molecule has 1 aliphatic carbocycles. The van der Waals surface area contributed by atoms with Crippen molar-refractivity contribution >= 4 is 17.9 Å². The lowest BCUT2D eigenvalue weighted by Gasteiger charge is -2.12. The van der Waals surface area contributed by atoms with Crippen LogP contribution in [0.25, 0.3) is 0 Å². The van der Waals surface area contributed by atoms with Crippen LogP contribution in [0.2, 0.25) is 0 Å². The predicted molar refractivity (Wildman–Crippen MR) is 51.2 cm³/mol. The fraction of sp³-hybridized carbons (Fsp3) is 0.700. The van der Waals surface area contributed by atoms with Crippen molar-refractivity contribution in [1.29, 1.82) is 0 Å². The van der Waals surface area contributed by atoms with Crippen molar-refractivity contribution in [3.05, 3.63) is 0 Å². The molecule has 0 aromatic rings. The quantitative estimate of drug-likeness (QED) is 0.495. The SMILES string of the molecule is COC(=O)CC1(C(=O)OC)CC1C(=O)OC. The van der Waals surface area contributed by atoms with Crippen molar-refractivity contribution in [2.45, 2.75) is 12.8 Å². The Morgan fingerprint density at radius 1 is 1.12 bits per heavy atom. The highest BCUT2D eigenvalue weighted by molar-refractivity contribution is 5.94. The van der Waals surface area contributed by atoms with E-state index in [1.807, 2.05) is 0 Å². The Hall–Kier alpha value is -1.59. The summed E-state index contributed by atoms with van der Waals surface area (Å²) >= 11 is 0. The van der Waals surface area contributed by atoms with E-state index in [2.05, 4.69) is 14.2 Å². The van der Waals surface area contributed by atoms with Crippen molar-refractivity contribution in [2.75, 3.05) is 21.3 Å². The van der Waals surface area contributed by atoms with E-state index in [-0.39, 0.29) is 12.8 Å². The van der Waals surface area contributed by atoms with Gasteiger partial charge in [0.1, 0.15) is 0 Å². The number of esters is 3. The van der Waals surface area contributed by atoms with E-state index in [0.29, 0.717) is 0 Å². The van der Waals surface area contributed by atoms with Crippen LogP contribution in [0.15, 0.2) is 0 Å². The van der Waals surface area contributed by atoms with Crippen LogP contribution in [0.4, 0.5) is 0 Å². The van der Waals surface area contributed by atoms with E-state index in [0.717, 1.165) is 0 Å². The van der Waals surface area contributed by atoms with Crippen LogP contribution in [0.3, 0.4) is 0 Å². The maximum absolute atomic E-state index is 11.5. The van der Waals surface area contributed by atoms with E-state index >= 15 is 0 Å². The van der Waals surface area contributed by atoms with Crippen LogP contribution in [-0.4, -0.2) is 39.2 Å². The Balaban J connectivity index is 2.79. The van der Waals surface area contributed by atoms with Crippen molar-refractivity contribution in [1.82, 2.24) is 0 Å². The summed E-state index contributed by atoms with van der Waals surface area (Å²) in [7, 11) is 3.68. The van der Waals surface area contributed by atoms with Gasteiger partial charge in [0.25, 0.3) is 0 Å². The lowest BCUT2D eigenvalue weighted by molar-refractivity contribution is -0.157. The molecule has 0 spiro atoms. The molecule has 6 nitrogen and oxygen atoms in total. The molecule has 90 valence electrons. The van der Waals surface area contributed by atoms with E-state index in [4.69, 9.17) is 0 Å². The molecule has 0 heterocycles. The second kappa shape index (κ2) is 4.51. The molecule has 0 N–H and O–H groups in total. The zero-order valence-corrected chi connectivity index (χ0v) is 9.44. The van der Waals surface area contributed by atoms with Gasteiger partial charge in [0.15, 0.2) is 0 Å². The maximum atomic E-state index is 11.5. The first-order valence-corrected chi connectivity index (χ1v) is 4.75. The van der Waals surface area contributed by atoms with Crippen LogP contribution < -0.4 is 0 Å². The number of carbonyl (C=O) groups excluding carboxylic acids is 3. The van der Waals surface area contributed by atoms with Crippen molar-refractivity contribution in [3.63, 3.8) is 0 Å². The molecule has 0 aliphatic heterocycles. The topological polar surface area (TPSA) is 78.9 Å². The van der Waals surface area contributed by atoms with E-state index in [1.54, 1.807) is 0 Å². The standard InChI is InChI=1S/C10H14O6/c1-14-7(11)5-10(9(13)16-3)4-6(10)8(12)15-2/h6H,4-5H2,1-3H3. The lowest BCUT2D eigenvalue weighted by Crippen LogP contribution is -2.26. The van der Waals surface area contributed by atoms with E-state index in [1.165, 1.54) is 21.3 Å². The van der Waals surface area contributed by atoms with Gasteiger partial charge in [-0.3, -0.25) is 14.4 Å². The molecule has 0 saturated heterocycles. The molecule has 0 bridgehead atoms. The minimum absolute atomic E-state index is 0.157. The monoisotopic (exact) mass is 230 g/mol. The highest BCUT2D eigenvalue weighted by Gasteiger charge is 2.66. The third kappa shape index (κ3) is 2.00. The Morgan fingerprint density at radius 2 is 1.75 bits per heavy atom. The number of hydrogen-bond acceptors (Lipinski definition) is 6. The van der Waals surface area contributed by atoms with Gasteiger partial charge in [0.05, 0.1) is 39.1 Å². The van der Waals surface area contributed by atoms with Gasteiger partial charge in [-0.15, -0.1) is 0 Å². The Labute approximate surface area is 92.8 Å². The molecule has 2 atom stereocenters. The highest BCUT2D eigenvalue weighted by atomic mass is 16.5. The van der Waals surface area contributed by atoms with Gasteiger partial charge in [-0.1, -0.05) is 0 Å². The van der Waals surface area contributed by atoms with Gasteiger partial charge in [-0.2, -0.15) is 0 Å². The number of methoxy groups -OCH3 is 3. The van der Waals surface area contributed by atoms with Gasteiger partial charge >= 0.3 is 17.9 Å². The summed E-state index contributed by atoms with van der Waals surface area (Å²) in [6, 6.07) is 0. The van der Waals surface area contributed by atoms with Gasteiger partial charge in [0.2, 0.25) is 0 Å². The summed E-state index contributed by atoms with van der Waals surface area (Å²) in [6.45, 7) is 0. The fourth-order valence-corrected chi connectivity index (χ4v) is 1.78. The molecule has 1 fully saturated rings. The molecular formula is C10H14O6. The van der Waals surface area contributed by atoms with Gasteiger partial charge in [0, 0.05) is 0 Å². The Bertz CT molecular complexity index is 323. The van der Waals surface area contributed by atoms with Crippen molar-refractivity contribution in [2.24, 2.45) is 11.3 Å². The lowest BCUT2D eigenvalue weighted by atomic mass is 9.99. The summed E-state index contributed by atoms with van der Waals surface area (Å²) in [5, 5.41) is 0. The molecule has 1 rings (SSSR count). The van der Waals surface area contributed by atoms with E-state index in [9.17, 15) is 14.4 Å². The summed E-state index contributed by atoms with van der Waals surface area (Å²) in [5.74, 6) is -2.23. The summed E-state index contributed by atoms with van der Waals surface area (Å²) in [6.07, 6.45) is 0.109. The third-order valence-corrected chi connectivity index (χ3v) is 2.84. The fourth-order valence-electron chi connectivity index (χ4n) is 1.78. The second-order valence-corrected chi connectivity index (χ2v) is 3.68. The van der Waals surface area contributed by atoms with Crippen LogP contribution in [0, 0.1) is 11.3 Å².